The first-order valence-corrected chi connectivity index (χ1v) is 5.14. The van der Waals surface area contributed by atoms with E-state index in [2.05, 4.69) is 4.98 Å². The van der Waals surface area contributed by atoms with Gasteiger partial charge < -0.3 is 5.11 Å². The first-order chi connectivity index (χ1) is 8.11. The summed E-state index contributed by atoms with van der Waals surface area (Å²) in [6.07, 6.45) is 1.60. The second-order valence-electron chi connectivity index (χ2n) is 3.56. The highest BCUT2D eigenvalue weighted by atomic mass is 35.5. The Morgan fingerprint density at radius 2 is 2.00 bits per heavy atom. The van der Waals surface area contributed by atoms with Crippen LogP contribution in [0.3, 0.4) is 0 Å². The van der Waals surface area contributed by atoms with E-state index in [1.807, 2.05) is 0 Å². The molecular formula is C11H5ClN2O3. The maximum atomic E-state index is 11.8. The molecule has 2 heterocycles. The van der Waals surface area contributed by atoms with Crippen LogP contribution in [-0.2, 0) is 4.79 Å². The molecule has 0 amide bonds. The Balaban J connectivity index is 2.48. The van der Waals surface area contributed by atoms with Crippen molar-refractivity contribution in [3.63, 3.8) is 0 Å². The van der Waals surface area contributed by atoms with Crippen LogP contribution in [0.15, 0.2) is 29.4 Å². The van der Waals surface area contributed by atoms with Gasteiger partial charge in [0.15, 0.2) is 5.76 Å². The fourth-order valence-corrected chi connectivity index (χ4v) is 1.97. The molecule has 0 radical (unpaired) electrons. The highest BCUT2D eigenvalue weighted by Gasteiger charge is 2.36. The van der Waals surface area contributed by atoms with E-state index < -0.39 is 22.4 Å². The molecule has 0 aliphatic heterocycles. The third kappa shape index (κ3) is 1.17. The molecule has 0 aromatic carbocycles. The van der Waals surface area contributed by atoms with Crippen molar-refractivity contribution in [2.24, 2.45) is 0 Å². The second kappa shape index (κ2) is 3.18. The van der Waals surface area contributed by atoms with Crippen LogP contribution in [0.1, 0.15) is 16.2 Å². The van der Waals surface area contributed by atoms with Gasteiger partial charge in [-0.1, -0.05) is 17.7 Å². The number of Topliss-reactive ketones (excluding diaryl/α,β-unsaturated/α-hetero) is 2. The van der Waals surface area contributed by atoms with Crippen LogP contribution in [0.5, 0.6) is 0 Å². The normalized spacial score (nSPS) is 15.6. The number of carbonyl (C=O) groups excluding carboxylic acids is 2. The van der Waals surface area contributed by atoms with E-state index in [1.165, 1.54) is 4.40 Å². The molecule has 17 heavy (non-hydrogen) atoms. The Morgan fingerprint density at radius 1 is 1.24 bits per heavy atom. The zero-order chi connectivity index (χ0) is 12.2. The SMILES string of the molecule is O=C1C(=O)c2c(nc3ccccn23)C(O)=C1Cl. The summed E-state index contributed by atoms with van der Waals surface area (Å²) in [4.78, 5) is 27.4. The molecule has 2 aromatic heterocycles. The average molecular weight is 249 g/mol. The van der Waals surface area contributed by atoms with Gasteiger partial charge in [-0.25, -0.2) is 4.98 Å². The number of allylic oxidation sites excluding steroid dienone is 1. The van der Waals surface area contributed by atoms with Gasteiger partial charge in [0, 0.05) is 6.20 Å². The fraction of sp³-hybridized carbons (Fsp3) is 0. The lowest BCUT2D eigenvalue weighted by Gasteiger charge is -2.09. The minimum Gasteiger partial charge on any atom is -0.504 e. The summed E-state index contributed by atoms with van der Waals surface area (Å²) in [6, 6.07) is 5.10. The van der Waals surface area contributed by atoms with E-state index >= 15 is 0 Å². The number of carbonyl (C=O) groups is 2. The summed E-state index contributed by atoms with van der Waals surface area (Å²) in [7, 11) is 0. The van der Waals surface area contributed by atoms with Crippen molar-refractivity contribution in [3.05, 3.63) is 40.8 Å². The predicted molar refractivity (Wildman–Crippen MR) is 59.9 cm³/mol. The highest BCUT2D eigenvalue weighted by molar-refractivity contribution is 6.63. The van der Waals surface area contributed by atoms with Crippen molar-refractivity contribution < 1.29 is 14.7 Å². The lowest BCUT2D eigenvalue weighted by Crippen LogP contribution is -2.23. The topological polar surface area (TPSA) is 71.7 Å². The van der Waals surface area contributed by atoms with Gasteiger partial charge in [0.05, 0.1) is 0 Å². The monoisotopic (exact) mass is 248 g/mol. The molecule has 0 spiro atoms. The third-order valence-corrected chi connectivity index (χ3v) is 2.93. The number of halogens is 1. The van der Waals surface area contributed by atoms with E-state index in [0.717, 1.165) is 0 Å². The molecule has 6 heteroatoms. The number of aliphatic hydroxyl groups is 1. The predicted octanol–water partition coefficient (Wildman–Crippen LogP) is 1.57. The molecule has 3 rings (SSSR count). The van der Waals surface area contributed by atoms with Crippen LogP contribution in [0.25, 0.3) is 11.4 Å². The Kier molecular flexibility index (Phi) is 1.88. The molecule has 0 saturated carbocycles. The van der Waals surface area contributed by atoms with Crippen molar-refractivity contribution in [3.8, 4) is 0 Å². The van der Waals surface area contributed by atoms with Crippen LogP contribution in [0, 0.1) is 0 Å². The Hall–Kier alpha value is -2.14. The number of hydrogen-bond donors (Lipinski definition) is 1. The van der Waals surface area contributed by atoms with E-state index in [1.54, 1.807) is 24.4 Å². The summed E-state index contributed by atoms with van der Waals surface area (Å²) in [5.74, 6) is -2.13. The van der Waals surface area contributed by atoms with Crippen molar-refractivity contribution >= 4 is 34.6 Å². The molecule has 5 nitrogen and oxygen atoms in total. The number of ketones is 2. The number of aromatic nitrogens is 2. The molecule has 0 unspecified atom stereocenters. The summed E-state index contributed by atoms with van der Waals surface area (Å²) in [6.45, 7) is 0. The quantitative estimate of drug-likeness (QED) is 0.719. The van der Waals surface area contributed by atoms with Crippen molar-refractivity contribution in [1.82, 2.24) is 9.38 Å². The minimum absolute atomic E-state index is 0.0470. The summed E-state index contributed by atoms with van der Waals surface area (Å²) in [5, 5.41) is 9.24. The van der Waals surface area contributed by atoms with E-state index in [0.29, 0.717) is 5.65 Å². The van der Waals surface area contributed by atoms with E-state index in [9.17, 15) is 14.7 Å². The molecule has 0 atom stereocenters. The molecule has 2 aromatic rings. The van der Waals surface area contributed by atoms with Gasteiger partial charge in [0.1, 0.15) is 22.1 Å². The minimum atomic E-state index is -0.915. The van der Waals surface area contributed by atoms with Gasteiger partial charge in [-0.15, -0.1) is 0 Å². The molecule has 1 N–H and O–H groups in total. The standard InChI is InChI=1S/C11H5ClN2O3/c12-6-9(15)7-8(11(17)10(6)16)14-4-2-1-3-5(14)13-7/h1-4,15H. The first-order valence-electron chi connectivity index (χ1n) is 4.76. The highest BCUT2D eigenvalue weighted by Crippen LogP contribution is 2.29. The van der Waals surface area contributed by atoms with Crippen LogP contribution in [-0.4, -0.2) is 26.1 Å². The zero-order valence-electron chi connectivity index (χ0n) is 8.35. The number of nitrogens with zero attached hydrogens (tertiary/aromatic N) is 2. The second-order valence-corrected chi connectivity index (χ2v) is 3.94. The van der Waals surface area contributed by atoms with Crippen molar-refractivity contribution in [1.29, 1.82) is 0 Å². The summed E-state index contributed by atoms with van der Waals surface area (Å²) >= 11 is 5.58. The molecule has 1 aliphatic carbocycles. The van der Waals surface area contributed by atoms with E-state index in [-0.39, 0.29) is 11.4 Å². The zero-order valence-corrected chi connectivity index (χ0v) is 9.10. The van der Waals surface area contributed by atoms with Gasteiger partial charge in [0.25, 0.3) is 5.78 Å². The third-order valence-electron chi connectivity index (χ3n) is 2.58. The number of rotatable bonds is 0. The van der Waals surface area contributed by atoms with Crippen LogP contribution in [0.2, 0.25) is 0 Å². The number of hydrogen-bond acceptors (Lipinski definition) is 4. The maximum absolute atomic E-state index is 11.8. The summed E-state index contributed by atoms with van der Waals surface area (Å²) < 4.78 is 1.45. The first kappa shape index (κ1) is 10.0. The lowest BCUT2D eigenvalue weighted by atomic mass is 10.0. The number of aliphatic hydroxyl groups excluding tert-OH is 1. The van der Waals surface area contributed by atoms with Crippen LogP contribution < -0.4 is 0 Å². The summed E-state index contributed by atoms with van der Waals surface area (Å²) in [5.41, 5.74) is 0.565. The molecule has 0 bridgehead atoms. The Labute approximate surface area is 100.0 Å². The van der Waals surface area contributed by atoms with Gasteiger partial charge in [-0.3, -0.25) is 14.0 Å². The number of imidazole rings is 1. The van der Waals surface area contributed by atoms with Gasteiger partial charge in [0.2, 0.25) is 5.78 Å². The largest absolute Gasteiger partial charge is 0.504 e. The average Bonchev–Trinajstić information content (AvgIpc) is 2.73. The smallest absolute Gasteiger partial charge is 0.253 e. The Morgan fingerprint density at radius 3 is 2.76 bits per heavy atom. The number of pyridine rings is 1. The molecule has 0 fully saturated rings. The van der Waals surface area contributed by atoms with Gasteiger partial charge in [-0.05, 0) is 12.1 Å². The van der Waals surface area contributed by atoms with Gasteiger partial charge in [-0.2, -0.15) is 0 Å². The van der Waals surface area contributed by atoms with Crippen LogP contribution in [0.4, 0.5) is 0 Å². The lowest BCUT2D eigenvalue weighted by molar-refractivity contribution is -0.111. The van der Waals surface area contributed by atoms with E-state index in [4.69, 9.17) is 11.6 Å². The van der Waals surface area contributed by atoms with Crippen LogP contribution >= 0.6 is 11.6 Å². The molecule has 0 saturated heterocycles. The van der Waals surface area contributed by atoms with Gasteiger partial charge >= 0.3 is 0 Å². The maximum Gasteiger partial charge on any atom is 0.253 e. The number of fused-ring (bicyclic) bond motifs is 3. The fourth-order valence-electron chi connectivity index (χ4n) is 1.80. The Bertz CT molecular complexity index is 715. The molecule has 1 aliphatic rings. The molecule has 84 valence electrons. The van der Waals surface area contributed by atoms with Crippen molar-refractivity contribution in [2.75, 3.05) is 0 Å². The van der Waals surface area contributed by atoms with Crippen molar-refractivity contribution in [2.45, 2.75) is 0 Å². The molecular weight excluding hydrogens is 244 g/mol.